The first-order chi connectivity index (χ1) is 9.87. The monoisotopic (exact) mass is 289 g/mol. The Kier molecular flexibility index (Phi) is 3.42. The standard InChI is InChI=1S/C16H23N3O2/c1-15(2,21)11-19-9-7-16(8-10-19)17-13-6-4-3-5-12(13)14(20)18-16/h3-6,17,21H,7-11H2,1-2H3,(H,18,20). The molecule has 2 heterocycles. The third kappa shape index (κ3) is 3.04. The lowest BCUT2D eigenvalue weighted by Crippen LogP contribution is -2.62. The Labute approximate surface area is 125 Å². The highest BCUT2D eigenvalue weighted by atomic mass is 16.3. The third-order valence-electron chi connectivity index (χ3n) is 4.22. The number of hydrogen-bond donors (Lipinski definition) is 3. The van der Waals surface area contributed by atoms with Gasteiger partial charge in [0.25, 0.3) is 5.91 Å². The number of rotatable bonds is 2. The van der Waals surface area contributed by atoms with Gasteiger partial charge in [-0.3, -0.25) is 4.79 Å². The average molecular weight is 289 g/mol. The molecule has 0 aliphatic carbocycles. The number of carbonyl (C=O) groups excluding carboxylic acids is 1. The maximum absolute atomic E-state index is 12.3. The summed E-state index contributed by atoms with van der Waals surface area (Å²) in [5.74, 6) is 0.000267. The highest BCUT2D eigenvalue weighted by Crippen LogP contribution is 2.31. The smallest absolute Gasteiger partial charge is 0.255 e. The van der Waals surface area contributed by atoms with Gasteiger partial charge in [0.2, 0.25) is 0 Å². The molecule has 5 heteroatoms. The minimum absolute atomic E-state index is 0.000267. The first-order valence-electron chi connectivity index (χ1n) is 7.51. The number of anilines is 1. The molecule has 2 aliphatic heterocycles. The van der Waals surface area contributed by atoms with Crippen molar-refractivity contribution in [2.45, 2.75) is 38.0 Å². The summed E-state index contributed by atoms with van der Waals surface area (Å²) in [4.78, 5) is 14.5. The van der Waals surface area contributed by atoms with Crippen LogP contribution in [0.15, 0.2) is 24.3 Å². The quantitative estimate of drug-likeness (QED) is 0.770. The van der Waals surface area contributed by atoms with Crippen molar-refractivity contribution in [3.63, 3.8) is 0 Å². The van der Waals surface area contributed by atoms with E-state index in [1.165, 1.54) is 0 Å². The Bertz CT molecular complexity index is 543. The number of aliphatic hydroxyl groups is 1. The van der Waals surface area contributed by atoms with Crippen LogP contribution in [-0.4, -0.2) is 46.8 Å². The van der Waals surface area contributed by atoms with Gasteiger partial charge >= 0.3 is 0 Å². The molecule has 21 heavy (non-hydrogen) atoms. The van der Waals surface area contributed by atoms with Gasteiger partial charge in [0.15, 0.2) is 0 Å². The lowest BCUT2D eigenvalue weighted by atomic mass is 9.92. The molecule has 0 saturated carbocycles. The number of amides is 1. The molecule has 2 aliphatic rings. The van der Waals surface area contributed by atoms with Crippen LogP contribution in [0.4, 0.5) is 5.69 Å². The number of nitrogens with one attached hydrogen (secondary N) is 2. The summed E-state index contributed by atoms with van der Waals surface area (Å²) in [6.07, 6.45) is 1.67. The first-order valence-corrected chi connectivity index (χ1v) is 7.51. The lowest BCUT2D eigenvalue weighted by Gasteiger charge is -2.46. The van der Waals surface area contributed by atoms with Crippen molar-refractivity contribution in [3.05, 3.63) is 29.8 Å². The van der Waals surface area contributed by atoms with Crippen molar-refractivity contribution in [2.75, 3.05) is 25.0 Å². The minimum atomic E-state index is -0.680. The van der Waals surface area contributed by atoms with E-state index in [-0.39, 0.29) is 11.6 Å². The Morgan fingerprint density at radius 2 is 1.90 bits per heavy atom. The molecule has 3 N–H and O–H groups in total. The average Bonchev–Trinajstić information content (AvgIpc) is 2.40. The molecule has 1 amide bonds. The highest BCUT2D eigenvalue weighted by molar-refractivity contribution is 6.02. The van der Waals surface area contributed by atoms with E-state index in [0.29, 0.717) is 12.1 Å². The molecule has 1 aromatic carbocycles. The summed E-state index contributed by atoms with van der Waals surface area (Å²) in [7, 11) is 0. The second kappa shape index (κ2) is 5.00. The Balaban J connectivity index is 1.70. The second-order valence-corrected chi connectivity index (χ2v) is 6.80. The summed E-state index contributed by atoms with van der Waals surface area (Å²) in [6, 6.07) is 7.62. The summed E-state index contributed by atoms with van der Waals surface area (Å²) in [5, 5.41) is 16.6. The molecule has 1 fully saturated rings. The molecule has 0 atom stereocenters. The van der Waals surface area contributed by atoms with E-state index in [1.54, 1.807) is 0 Å². The molecule has 114 valence electrons. The predicted molar refractivity (Wildman–Crippen MR) is 82.2 cm³/mol. The van der Waals surface area contributed by atoms with E-state index in [4.69, 9.17) is 0 Å². The second-order valence-electron chi connectivity index (χ2n) is 6.80. The zero-order valence-corrected chi connectivity index (χ0v) is 12.6. The van der Waals surface area contributed by atoms with E-state index < -0.39 is 5.60 Å². The largest absolute Gasteiger partial charge is 0.389 e. The van der Waals surface area contributed by atoms with Crippen LogP contribution in [0.5, 0.6) is 0 Å². The predicted octanol–water partition coefficient (Wildman–Crippen LogP) is 1.40. The van der Waals surface area contributed by atoms with E-state index >= 15 is 0 Å². The molecular weight excluding hydrogens is 266 g/mol. The van der Waals surface area contributed by atoms with Gasteiger partial charge in [0, 0.05) is 38.2 Å². The fourth-order valence-electron chi connectivity index (χ4n) is 3.25. The summed E-state index contributed by atoms with van der Waals surface area (Å²) < 4.78 is 0. The molecule has 1 aromatic rings. The lowest BCUT2D eigenvalue weighted by molar-refractivity contribution is 0.0198. The fraction of sp³-hybridized carbons (Fsp3) is 0.562. The number of fused-ring (bicyclic) bond motifs is 1. The van der Waals surface area contributed by atoms with Crippen LogP contribution in [0.25, 0.3) is 0 Å². The van der Waals surface area contributed by atoms with Gasteiger partial charge in [-0.2, -0.15) is 0 Å². The molecule has 1 spiro atoms. The number of benzene rings is 1. The maximum atomic E-state index is 12.3. The van der Waals surface area contributed by atoms with Gasteiger partial charge in [0.1, 0.15) is 5.66 Å². The first kappa shape index (κ1) is 14.4. The van der Waals surface area contributed by atoms with Crippen LogP contribution < -0.4 is 10.6 Å². The van der Waals surface area contributed by atoms with Crippen molar-refractivity contribution in [1.29, 1.82) is 0 Å². The number of β-amino-alcohol motifs (C(OH)–C–C–N with tert-alkyl or cyclic N) is 1. The molecule has 3 rings (SSSR count). The van der Waals surface area contributed by atoms with Crippen molar-refractivity contribution >= 4 is 11.6 Å². The van der Waals surface area contributed by atoms with Crippen LogP contribution in [0.1, 0.15) is 37.0 Å². The van der Waals surface area contributed by atoms with Gasteiger partial charge in [-0.05, 0) is 26.0 Å². The topological polar surface area (TPSA) is 64.6 Å². The summed E-state index contributed by atoms with van der Waals surface area (Å²) >= 11 is 0. The number of para-hydroxylation sites is 1. The number of hydrogen-bond acceptors (Lipinski definition) is 4. The van der Waals surface area contributed by atoms with Crippen molar-refractivity contribution in [3.8, 4) is 0 Å². The zero-order chi connectivity index (χ0) is 15.1. The number of nitrogens with zero attached hydrogens (tertiary/aromatic N) is 1. The van der Waals surface area contributed by atoms with Gasteiger partial charge in [-0.15, -0.1) is 0 Å². The fourth-order valence-corrected chi connectivity index (χ4v) is 3.25. The maximum Gasteiger partial charge on any atom is 0.255 e. The summed E-state index contributed by atoms with van der Waals surface area (Å²) in [6.45, 7) is 6.04. The Hall–Kier alpha value is -1.59. The van der Waals surface area contributed by atoms with Crippen LogP contribution >= 0.6 is 0 Å². The summed E-state index contributed by atoms with van der Waals surface area (Å²) in [5.41, 5.74) is 0.598. The van der Waals surface area contributed by atoms with Gasteiger partial charge in [0.05, 0.1) is 11.2 Å². The number of likely N-dealkylation sites (tertiary alicyclic amines) is 1. The third-order valence-corrected chi connectivity index (χ3v) is 4.22. The Morgan fingerprint density at radius 3 is 2.57 bits per heavy atom. The van der Waals surface area contributed by atoms with Crippen LogP contribution in [0, 0.1) is 0 Å². The van der Waals surface area contributed by atoms with Crippen molar-refractivity contribution in [1.82, 2.24) is 10.2 Å². The Morgan fingerprint density at radius 1 is 1.24 bits per heavy atom. The van der Waals surface area contributed by atoms with E-state index in [2.05, 4.69) is 15.5 Å². The van der Waals surface area contributed by atoms with E-state index in [9.17, 15) is 9.90 Å². The normalized spacial score (nSPS) is 21.6. The van der Waals surface area contributed by atoms with E-state index in [1.807, 2.05) is 38.1 Å². The van der Waals surface area contributed by atoms with E-state index in [0.717, 1.165) is 31.6 Å². The van der Waals surface area contributed by atoms with Crippen LogP contribution in [0.3, 0.4) is 0 Å². The SMILES string of the molecule is CC(C)(O)CN1CCC2(CC1)NC(=O)c1ccccc1N2. The number of piperidine rings is 1. The molecular formula is C16H23N3O2. The van der Waals surface area contributed by atoms with Gasteiger partial charge < -0.3 is 20.6 Å². The van der Waals surface area contributed by atoms with Crippen LogP contribution in [-0.2, 0) is 0 Å². The molecule has 0 aromatic heterocycles. The molecule has 0 bridgehead atoms. The van der Waals surface area contributed by atoms with Crippen LogP contribution in [0.2, 0.25) is 0 Å². The molecule has 0 unspecified atom stereocenters. The van der Waals surface area contributed by atoms with Gasteiger partial charge in [-0.25, -0.2) is 0 Å². The highest BCUT2D eigenvalue weighted by Gasteiger charge is 2.40. The van der Waals surface area contributed by atoms with Gasteiger partial charge in [-0.1, -0.05) is 12.1 Å². The van der Waals surface area contributed by atoms with Crippen molar-refractivity contribution in [2.24, 2.45) is 0 Å². The number of carbonyl (C=O) groups is 1. The molecule has 5 nitrogen and oxygen atoms in total. The molecule has 1 saturated heterocycles. The molecule has 0 radical (unpaired) electrons. The van der Waals surface area contributed by atoms with Crippen molar-refractivity contribution < 1.29 is 9.90 Å². The zero-order valence-electron chi connectivity index (χ0n) is 12.6. The minimum Gasteiger partial charge on any atom is -0.389 e.